The third kappa shape index (κ3) is 2.68. The van der Waals surface area contributed by atoms with Gasteiger partial charge in [0, 0.05) is 23.0 Å². The van der Waals surface area contributed by atoms with Crippen molar-refractivity contribution in [1.82, 2.24) is 15.2 Å². The lowest BCUT2D eigenvalue weighted by Crippen LogP contribution is -2.14. The molecule has 20 heavy (non-hydrogen) atoms. The summed E-state index contributed by atoms with van der Waals surface area (Å²) in [6.07, 6.45) is 1.97. The van der Waals surface area contributed by atoms with Crippen molar-refractivity contribution in [1.29, 1.82) is 0 Å². The lowest BCUT2D eigenvalue weighted by Gasteiger charge is -2.03. The summed E-state index contributed by atoms with van der Waals surface area (Å²) in [7, 11) is 0. The fourth-order valence-electron chi connectivity index (χ4n) is 1.91. The van der Waals surface area contributed by atoms with Crippen molar-refractivity contribution in [3.05, 3.63) is 40.5 Å². The van der Waals surface area contributed by atoms with E-state index in [1.54, 1.807) is 6.20 Å². The molecule has 3 aromatic rings. The van der Waals surface area contributed by atoms with E-state index in [0.29, 0.717) is 6.54 Å². The number of aromatic amines is 1. The largest absolute Gasteiger partial charge is 0.326 e. The lowest BCUT2D eigenvalue weighted by molar-refractivity contribution is -0.115. The summed E-state index contributed by atoms with van der Waals surface area (Å²) in [5, 5.41) is 13.3. The Bertz CT molecular complexity index is 748. The Balaban J connectivity index is 1.68. The number of nitrogens with two attached hydrogens (primary N) is 1. The molecule has 0 atom stereocenters. The van der Waals surface area contributed by atoms with Gasteiger partial charge in [-0.25, -0.2) is 4.98 Å². The van der Waals surface area contributed by atoms with Crippen LogP contribution < -0.4 is 11.1 Å². The molecule has 0 saturated carbocycles. The van der Waals surface area contributed by atoms with Crippen LogP contribution in [0.15, 0.2) is 29.8 Å². The number of nitrogens with one attached hydrogen (secondary N) is 2. The van der Waals surface area contributed by atoms with Crippen LogP contribution >= 0.6 is 11.3 Å². The van der Waals surface area contributed by atoms with Crippen LogP contribution in [0.1, 0.15) is 10.7 Å². The van der Waals surface area contributed by atoms with Gasteiger partial charge in [0.1, 0.15) is 5.01 Å². The molecular weight excluding hydrogens is 274 g/mol. The Kier molecular flexibility index (Phi) is 3.44. The first-order chi connectivity index (χ1) is 9.74. The van der Waals surface area contributed by atoms with E-state index in [-0.39, 0.29) is 12.3 Å². The van der Waals surface area contributed by atoms with Gasteiger partial charge in [-0.2, -0.15) is 5.10 Å². The average Bonchev–Trinajstić information content (AvgIpc) is 3.06. The number of carbonyl (C=O) groups excluding carboxylic acids is 1. The first-order valence-corrected chi connectivity index (χ1v) is 6.99. The van der Waals surface area contributed by atoms with Crippen molar-refractivity contribution in [2.75, 3.05) is 5.32 Å². The van der Waals surface area contributed by atoms with Crippen molar-refractivity contribution in [2.45, 2.75) is 13.0 Å². The molecule has 1 amide bonds. The Morgan fingerprint density at radius 2 is 2.35 bits per heavy atom. The van der Waals surface area contributed by atoms with Crippen molar-refractivity contribution in [2.24, 2.45) is 5.73 Å². The molecule has 2 aromatic heterocycles. The van der Waals surface area contributed by atoms with E-state index >= 15 is 0 Å². The van der Waals surface area contributed by atoms with E-state index in [0.717, 1.165) is 27.3 Å². The van der Waals surface area contributed by atoms with Gasteiger partial charge in [-0.1, -0.05) is 0 Å². The Morgan fingerprint density at radius 1 is 1.45 bits per heavy atom. The number of anilines is 1. The molecule has 0 bridgehead atoms. The molecule has 0 aliphatic heterocycles. The van der Waals surface area contributed by atoms with E-state index in [2.05, 4.69) is 20.5 Å². The molecule has 0 aliphatic carbocycles. The van der Waals surface area contributed by atoms with E-state index in [9.17, 15) is 4.79 Å². The number of carbonyl (C=O) groups is 1. The van der Waals surface area contributed by atoms with Crippen LogP contribution in [-0.2, 0) is 17.8 Å². The third-order valence-electron chi connectivity index (χ3n) is 2.84. The summed E-state index contributed by atoms with van der Waals surface area (Å²) in [5.74, 6) is -0.0956. The number of H-pyrrole nitrogens is 1. The molecule has 0 unspecified atom stereocenters. The number of rotatable bonds is 4. The third-order valence-corrected chi connectivity index (χ3v) is 3.76. The highest BCUT2D eigenvalue weighted by Gasteiger charge is 2.08. The number of hydrogen-bond acceptors (Lipinski definition) is 5. The SMILES string of the molecule is NCc1nc(CC(=O)Nc2ccc3[nH]ncc3c2)cs1. The summed E-state index contributed by atoms with van der Waals surface area (Å²) < 4.78 is 0. The predicted octanol–water partition coefficient (Wildman–Crippen LogP) is 1.66. The van der Waals surface area contributed by atoms with Gasteiger partial charge < -0.3 is 11.1 Å². The monoisotopic (exact) mass is 287 g/mol. The van der Waals surface area contributed by atoms with E-state index < -0.39 is 0 Å². The van der Waals surface area contributed by atoms with Gasteiger partial charge >= 0.3 is 0 Å². The van der Waals surface area contributed by atoms with Crippen LogP contribution in [0.3, 0.4) is 0 Å². The number of thiazole rings is 1. The number of nitrogens with zero attached hydrogens (tertiary/aromatic N) is 2. The highest BCUT2D eigenvalue weighted by molar-refractivity contribution is 7.09. The van der Waals surface area contributed by atoms with Crippen LogP contribution in [0.2, 0.25) is 0 Å². The number of hydrogen-bond donors (Lipinski definition) is 3. The second kappa shape index (κ2) is 5.40. The van der Waals surface area contributed by atoms with Crippen molar-refractivity contribution >= 4 is 33.8 Å². The highest BCUT2D eigenvalue weighted by atomic mass is 32.1. The van der Waals surface area contributed by atoms with Crippen molar-refractivity contribution in [3.8, 4) is 0 Å². The molecule has 0 saturated heterocycles. The first kappa shape index (κ1) is 12.8. The molecule has 4 N–H and O–H groups in total. The maximum absolute atomic E-state index is 12.0. The normalized spacial score (nSPS) is 10.8. The van der Waals surface area contributed by atoms with Crippen LogP contribution in [0.4, 0.5) is 5.69 Å². The highest BCUT2D eigenvalue weighted by Crippen LogP contribution is 2.17. The van der Waals surface area contributed by atoms with Crippen LogP contribution in [-0.4, -0.2) is 21.1 Å². The maximum atomic E-state index is 12.0. The molecule has 1 aromatic carbocycles. The van der Waals surface area contributed by atoms with Gasteiger partial charge in [0.2, 0.25) is 5.91 Å². The summed E-state index contributed by atoms with van der Waals surface area (Å²) in [4.78, 5) is 16.2. The Labute approximate surface area is 119 Å². The first-order valence-electron chi connectivity index (χ1n) is 6.11. The minimum atomic E-state index is -0.0956. The second-order valence-electron chi connectivity index (χ2n) is 4.33. The van der Waals surface area contributed by atoms with Crippen LogP contribution in [0.25, 0.3) is 10.9 Å². The van der Waals surface area contributed by atoms with E-state index in [4.69, 9.17) is 5.73 Å². The molecule has 6 nitrogen and oxygen atoms in total. The van der Waals surface area contributed by atoms with Gasteiger partial charge in [-0.15, -0.1) is 11.3 Å². The van der Waals surface area contributed by atoms with Crippen molar-refractivity contribution in [3.63, 3.8) is 0 Å². The standard InChI is InChI=1S/C13H13N5OS/c14-5-13-17-10(7-20-13)4-12(19)16-9-1-2-11-8(3-9)6-15-18-11/h1-3,6-7H,4-5,14H2,(H,15,18)(H,16,19). The van der Waals surface area contributed by atoms with E-state index in [1.807, 2.05) is 23.6 Å². The fourth-order valence-corrected chi connectivity index (χ4v) is 2.59. The number of benzene rings is 1. The zero-order valence-electron chi connectivity index (χ0n) is 10.6. The number of fused-ring (bicyclic) bond motifs is 1. The second-order valence-corrected chi connectivity index (χ2v) is 5.28. The van der Waals surface area contributed by atoms with Crippen LogP contribution in [0.5, 0.6) is 0 Å². The minimum Gasteiger partial charge on any atom is -0.326 e. The quantitative estimate of drug-likeness (QED) is 0.680. The molecule has 7 heteroatoms. The number of amides is 1. The molecule has 0 spiro atoms. The van der Waals surface area contributed by atoms with Crippen molar-refractivity contribution < 1.29 is 4.79 Å². The summed E-state index contributed by atoms with van der Waals surface area (Å²) in [5.41, 5.74) is 7.93. The average molecular weight is 287 g/mol. The van der Waals surface area contributed by atoms with Gasteiger partial charge in [0.25, 0.3) is 0 Å². The molecule has 3 rings (SSSR count). The Hall–Kier alpha value is -2.25. The van der Waals surface area contributed by atoms with Gasteiger partial charge in [-0.05, 0) is 18.2 Å². The molecule has 0 radical (unpaired) electrons. The predicted molar refractivity (Wildman–Crippen MR) is 78.4 cm³/mol. The Morgan fingerprint density at radius 3 is 3.15 bits per heavy atom. The molecular formula is C13H13N5OS. The topological polar surface area (TPSA) is 96.7 Å². The lowest BCUT2D eigenvalue weighted by atomic mass is 10.2. The zero-order valence-corrected chi connectivity index (χ0v) is 11.4. The van der Waals surface area contributed by atoms with Crippen LogP contribution in [0, 0.1) is 0 Å². The van der Waals surface area contributed by atoms with Gasteiger partial charge in [0.05, 0.1) is 23.8 Å². The zero-order chi connectivity index (χ0) is 13.9. The molecule has 102 valence electrons. The van der Waals surface area contributed by atoms with E-state index in [1.165, 1.54) is 11.3 Å². The van der Waals surface area contributed by atoms with Gasteiger partial charge in [0.15, 0.2) is 0 Å². The minimum absolute atomic E-state index is 0.0956. The smallest absolute Gasteiger partial charge is 0.230 e. The molecule has 0 aliphatic rings. The summed E-state index contributed by atoms with van der Waals surface area (Å²) in [6, 6.07) is 5.60. The summed E-state index contributed by atoms with van der Waals surface area (Å²) in [6.45, 7) is 0.406. The maximum Gasteiger partial charge on any atom is 0.230 e. The number of aromatic nitrogens is 3. The molecule has 2 heterocycles. The molecule has 0 fully saturated rings. The summed E-state index contributed by atoms with van der Waals surface area (Å²) >= 11 is 1.47. The van der Waals surface area contributed by atoms with Gasteiger partial charge in [-0.3, -0.25) is 9.89 Å². The fraction of sp³-hybridized carbons (Fsp3) is 0.154.